The Balaban J connectivity index is 1.43. The first-order valence-corrected chi connectivity index (χ1v) is 12.8. The monoisotopic (exact) mass is 518 g/mol. The van der Waals surface area contributed by atoms with Gasteiger partial charge in [-0.15, -0.1) is 0 Å². The van der Waals surface area contributed by atoms with E-state index in [-0.39, 0.29) is 12.5 Å². The number of nitrogens with two attached hydrogens (primary N) is 1. The summed E-state index contributed by atoms with van der Waals surface area (Å²) in [4.78, 5) is 40.3. The van der Waals surface area contributed by atoms with Gasteiger partial charge in [0.2, 0.25) is 0 Å². The van der Waals surface area contributed by atoms with E-state index < -0.39 is 11.9 Å². The molecule has 1 aliphatic rings. The number of anilines is 1. The molecule has 194 valence electrons. The molecule has 0 radical (unpaired) electrons. The van der Waals surface area contributed by atoms with Crippen LogP contribution in [-0.2, 0) is 4.79 Å². The van der Waals surface area contributed by atoms with E-state index in [0.29, 0.717) is 53.3 Å². The average Bonchev–Trinajstić information content (AvgIpc) is 3.36. The number of nitrogens with zero attached hydrogens (tertiary/aromatic N) is 5. The van der Waals surface area contributed by atoms with Crippen LogP contribution in [0.15, 0.2) is 85.1 Å². The maximum absolute atomic E-state index is 13.2. The van der Waals surface area contributed by atoms with E-state index in [4.69, 9.17) is 15.7 Å². The summed E-state index contributed by atoms with van der Waals surface area (Å²) in [6, 6.07) is 24.7. The molecule has 39 heavy (non-hydrogen) atoms. The van der Waals surface area contributed by atoms with Gasteiger partial charge in [0, 0.05) is 36.1 Å². The van der Waals surface area contributed by atoms with E-state index in [0.717, 1.165) is 16.9 Å². The number of imidazole rings is 1. The Morgan fingerprint density at radius 1 is 0.923 bits per heavy atom. The number of hydrogen-bond acceptors (Lipinski definition) is 6. The fraction of sp³-hybridized carbons (Fsp3) is 0.167. The number of aliphatic carboxylic acids is 1. The highest BCUT2D eigenvalue weighted by Crippen LogP contribution is 2.32. The van der Waals surface area contributed by atoms with Crippen LogP contribution >= 0.6 is 0 Å². The van der Waals surface area contributed by atoms with E-state index >= 15 is 0 Å². The topological polar surface area (TPSA) is 127 Å². The Morgan fingerprint density at radius 2 is 1.72 bits per heavy atom. The van der Waals surface area contributed by atoms with Crippen LogP contribution in [-0.4, -0.2) is 54.5 Å². The Morgan fingerprint density at radius 3 is 2.46 bits per heavy atom. The minimum absolute atomic E-state index is 0.177. The Labute approximate surface area is 224 Å². The number of piperidine rings is 1. The van der Waals surface area contributed by atoms with Crippen LogP contribution in [0.25, 0.3) is 39.5 Å². The summed E-state index contributed by atoms with van der Waals surface area (Å²) in [6.07, 6.45) is 2.89. The molecule has 5 aromatic rings. The second-order valence-electron chi connectivity index (χ2n) is 9.59. The molecular formula is C30H26N6O3. The van der Waals surface area contributed by atoms with E-state index in [9.17, 15) is 14.7 Å². The summed E-state index contributed by atoms with van der Waals surface area (Å²) in [6.45, 7) is 0.770. The van der Waals surface area contributed by atoms with Gasteiger partial charge in [0.25, 0.3) is 5.91 Å². The van der Waals surface area contributed by atoms with Gasteiger partial charge in [-0.3, -0.25) is 14.2 Å². The molecule has 0 saturated carbocycles. The number of nitrogen functional groups attached to an aromatic ring is 1. The van der Waals surface area contributed by atoms with Gasteiger partial charge < -0.3 is 15.7 Å². The van der Waals surface area contributed by atoms with Gasteiger partial charge in [0.05, 0.1) is 17.2 Å². The average molecular weight is 519 g/mol. The number of carbonyl (C=O) groups is 2. The lowest BCUT2D eigenvalue weighted by atomic mass is 9.97. The van der Waals surface area contributed by atoms with Crippen LogP contribution in [0.5, 0.6) is 0 Å². The Hall–Kier alpha value is -5.05. The SMILES string of the molecule is Nc1ncccc1-c1nc2ccc(-c3ccccc3)nc2n1-c1ccc(C(=O)N2CCCC(C(=O)O)C2)cc1. The second-order valence-corrected chi connectivity index (χ2v) is 9.59. The maximum Gasteiger partial charge on any atom is 0.308 e. The third-order valence-electron chi connectivity index (χ3n) is 7.08. The minimum Gasteiger partial charge on any atom is -0.481 e. The van der Waals surface area contributed by atoms with Crippen molar-refractivity contribution >= 4 is 28.9 Å². The Bertz CT molecular complexity index is 1680. The molecule has 0 spiro atoms. The fourth-order valence-corrected chi connectivity index (χ4v) is 5.06. The molecule has 1 saturated heterocycles. The third-order valence-corrected chi connectivity index (χ3v) is 7.08. The highest BCUT2D eigenvalue weighted by atomic mass is 16.4. The van der Waals surface area contributed by atoms with Gasteiger partial charge in [-0.1, -0.05) is 30.3 Å². The number of benzene rings is 2. The number of likely N-dealkylation sites (tertiary alicyclic amines) is 1. The van der Waals surface area contributed by atoms with Crippen molar-refractivity contribution in [1.29, 1.82) is 0 Å². The zero-order valence-corrected chi connectivity index (χ0v) is 21.1. The summed E-state index contributed by atoms with van der Waals surface area (Å²) in [7, 11) is 0. The molecule has 1 amide bonds. The molecular weight excluding hydrogens is 492 g/mol. The highest BCUT2D eigenvalue weighted by Gasteiger charge is 2.29. The number of aromatic nitrogens is 4. The number of pyridine rings is 2. The van der Waals surface area contributed by atoms with Crippen molar-refractivity contribution in [3.63, 3.8) is 0 Å². The van der Waals surface area contributed by atoms with Crippen molar-refractivity contribution in [3.8, 4) is 28.3 Å². The van der Waals surface area contributed by atoms with Gasteiger partial charge >= 0.3 is 5.97 Å². The molecule has 2 aromatic carbocycles. The minimum atomic E-state index is -0.862. The fourth-order valence-electron chi connectivity index (χ4n) is 5.06. The molecule has 0 bridgehead atoms. The zero-order chi connectivity index (χ0) is 26.9. The van der Waals surface area contributed by atoms with E-state index in [1.165, 1.54) is 0 Å². The summed E-state index contributed by atoms with van der Waals surface area (Å²) < 4.78 is 1.92. The summed E-state index contributed by atoms with van der Waals surface area (Å²) in [5.41, 5.74) is 11.3. The lowest BCUT2D eigenvalue weighted by Crippen LogP contribution is -2.42. The number of hydrogen-bond donors (Lipinski definition) is 2. The van der Waals surface area contributed by atoms with E-state index in [1.54, 1.807) is 23.2 Å². The highest BCUT2D eigenvalue weighted by molar-refractivity contribution is 5.95. The first kappa shape index (κ1) is 24.3. The van der Waals surface area contributed by atoms with E-state index in [1.807, 2.05) is 71.3 Å². The second kappa shape index (κ2) is 10.0. The molecule has 1 unspecified atom stereocenters. The quantitative estimate of drug-likeness (QED) is 0.346. The number of carboxylic acid groups (broad SMARTS) is 1. The maximum atomic E-state index is 13.2. The van der Waals surface area contributed by atoms with Gasteiger partial charge in [-0.2, -0.15) is 0 Å². The normalized spacial score (nSPS) is 15.4. The molecule has 1 aliphatic heterocycles. The van der Waals surface area contributed by atoms with Crippen molar-refractivity contribution in [2.45, 2.75) is 12.8 Å². The summed E-state index contributed by atoms with van der Waals surface area (Å²) in [5, 5.41) is 9.40. The number of amides is 1. The largest absolute Gasteiger partial charge is 0.481 e. The third kappa shape index (κ3) is 4.59. The lowest BCUT2D eigenvalue weighted by molar-refractivity contribution is -0.143. The number of carboxylic acids is 1. The van der Waals surface area contributed by atoms with Gasteiger partial charge in [0.1, 0.15) is 11.3 Å². The van der Waals surface area contributed by atoms with Gasteiger partial charge in [0.15, 0.2) is 11.5 Å². The van der Waals surface area contributed by atoms with Crippen LogP contribution in [0.2, 0.25) is 0 Å². The van der Waals surface area contributed by atoms with Crippen LogP contribution in [0, 0.1) is 5.92 Å². The molecule has 9 nitrogen and oxygen atoms in total. The molecule has 9 heteroatoms. The van der Waals surface area contributed by atoms with Crippen molar-refractivity contribution < 1.29 is 14.7 Å². The molecule has 1 fully saturated rings. The smallest absolute Gasteiger partial charge is 0.308 e. The predicted octanol–water partition coefficient (Wildman–Crippen LogP) is 4.67. The molecule has 0 aliphatic carbocycles. The standard InChI is InChI=1S/C30H26N6O3/c31-26-23(9-4-16-32-26)27-34-25-15-14-24(19-6-2-1-3-7-19)33-28(25)36(27)22-12-10-20(11-13-22)29(37)35-17-5-8-21(18-35)30(38)39/h1-4,6-7,9-16,21H,5,8,17-18H2,(H2,31,32)(H,38,39). The van der Waals surface area contributed by atoms with Crippen molar-refractivity contribution in [2.75, 3.05) is 18.8 Å². The van der Waals surface area contributed by atoms with Crippen molar-refractivity contribution in [2.24, 2.45) is 5.92 Å². The first-order valence-electron chi connectivity index (χ1n) is 12.8. The molecule has 6 rings (SSSR count). The van der Waals surface area contributed by atoms with Gasteiger partial charge in [-0.25, -0.2) is 15.0 Å². The predicted molar refractivity (Wildman–Crippen MR) is 148 cm³/mol. The lowest BCUT2D eigenvalue weighted by Gasteiger charge is -2.30. The van der Waals surface area contributed by atoms with Crippen LogP contribution in [0.3, 0.4) is 0 Å². The number of carbonyl (C=O) groups excluding carboxylic acids is 1. The zero-order valence-electron chi connectivity index (χ0n) is 21.1. The Kier molecular flexibility index (Phi) is 6.24. The molecule has 3 N–H and O–H groups in total. The van der Waals surface area contributed by atoms with Crippen LogP contribution in [0.4, 0.5) is 5.82 Å². The number of rotatable bonds is 5. The molecule has 1 atom stereocenters. The molecule has 3 aromatic heterocycles. The number of fused-ring (bicyclic) bond motifs is 1. The summed E-state index contributed by atoms with van der Waals surface area (Å²) >= 11 is 0. The van der Waals surface area contributed by atoms with E-state index in [2.05, 4.69) is 4.98 Å². The van der Waals surface area contributed by atoms with Crippen molar-refractivity contribution in [3.05, 3.63) is 90.6 Å². The van der Waals surface area contributed by atoms with Crippen molar-refractivity contribution in [1.82, 2.24) is 24.4 Å². The van der Waals surface area contributed by atoms with Crippen LogP contribution < -0.4 is 5.73 Å². The van der Waals surface area contributed by atoms with Crippen LogP contribution in [0.1, 0.15) is 23.2 Å². The summed E-state index contributed by atoms with van der Waals surface area (Å²) in [5.74, 6) is -0.629. The van der Waals surface area contributed by atoms with Gasteiger partial charge in [-0.05, 0) is 61.4 Å². The molecule has 4 heterocycles. The first-order chi connectivity index (χ1) is 19.0.